The van der Waals surface area contributed by atoms with E-state index in [9.17, 15) is 4.79 Å². The van der Waals surface area contributed by atoms with Crippen LogP contribution in [0.3, 0.4) is 0 Å². The first-order chi connectivity index (χ1) is 7.24. The predicted octanol–water partition coefficient (Wildman–Crippen LogP) is 3.90. The van der Waals surface area contributed by atoms with Gasteiger partial charge in [0.15, 0.2) is 0 Å². The smallest absolute Gasteiger partial charge is 0.207 e. The van der Waals surface area contributed by atoms with E-state index in [1.165, 1.54) is 11.3 Å². The molecule has 0 fully saturated rings. The first kappa shape index (κ1) is 10.6. The largest absolute Gasteiger partial charge is 0.469 e. The summed E-state index contributed by atoms with van der Waals surface area (Å²) in [5.74, 6) is 0.780. The van der Waals surface area contributed by atoms with Crippen LogP contribution in [0, 0.1) is 0 Å². The highest BCUT2D eigenvalue weighted by molar-refractivity contribution is 9.10. The van der Waals surface area contributed by atoms with Crippen molar-refractivity contribution in [3.63, 3.8) is 0 Å². The number of hydrogen-bond donors (Lipinski definition) is 0. The summed E-state index contributed by atoms with van der Waals surface area (Å²) in [4.78, 5) is 12.8. The highest BCUT2D eigenvalue weighted by Crippen LogP contribution is 2.27. The highest BCUT2D eigenvalue weighted by Gasteiger charge is 2.18. The van der Waals surface area contributed by atoms with Gasteiger partial charge in [-0.3, -0.25) is 4.79 Å². The Morgan fingerprint density at radius 2 is 2.33 bits per heavy atom. The Hall–Kier alpha value is -0.870. The minimum absolute atomic E-state index is 0.0301. The lowest BCUT2D eigenvalue weighted by Crippen LogP contribution is -2.00. The van der Waals surface area contributed by atoms with Crippen LogP contribution in [-0.4, -0.2) is 5.78 Å². The zero-order valence-electron chi connectivity index (χ0n) is 8.12. The van der Waals surface area contributed by atoms with Crippen LogP contribution in [0.4, 0.5) is 0 Å². The zero-order valence-corrected chi connectivity index (χ0v) is 10.5. The number of thiophene rings is 1. The molecule has 0 N–H and O–H groups in total. The van der Waals surface area contributed by atoms with Crippen molar-refractivity contribution in [1.82, 2.24) is 0 Å². The lowest BCUT2D eigenvalue weighted by atomic mass is 10.1. The third kappa shape index (κ3) is 1.92. The maximum Gasteiger partial charge on any atom is 0.207 e. The Kier molecular flexibility index (Phi) is 3.07. The van der Waals surface area contributed by atoms with E-state index in [0.717, 1.165) is 21.5 Å². The molecule has 0 saturated heterocycles. The molecular formula is C11H9BrO2S. The average Bonchev–Trinajstić information content (AvgIpc) is 2.84. The Balaban J connectivity index is 2.41. The van der Waals surface area contributed by atoms with Crippen molar-refractivity contribution >= 4 is 33.0 Å². The number of hydrogen-bond acceptors (Lipinski definition) is 3. The van der Waals surface area contributed by atoms with Crippen LogP contribution in [0.25, 0.3) is 0 Å². The van der Waals surface area contributed by atoms with Gasteiger partial charge in [0.1, 0.15) is 5.76 Å². The molecule has 2 rings (SSSR count). The fourth-order valence-electron chi connectivity index (χ4n) is 1.39. The van der Waals surface area contributed by atoms with Gasteiger partial charge in [0, 0.05) is 10.9 Å². The van der Waals surface area contributed by atoms with E-state index < -0.39 is 0 Å². The molecule has 78 valence electrons. The topological polar surface area (TPSA) is 30.2 Å². The molecule has 2 heterocycles. The summed E-state index contributed by atoms with van der Waals surface area (Å²) >= 11 is 4.79. The minimum Gasteiger partial charge on any atom is -0.469 e. The van der Waals surface area contributed by atoms with Crippen LogP contribution in [0.15, 0.2) is 32.7 Å². The Morgan fingerprint density at radius 1 is 1.53 bits per heavy atom. The Morgan fingerprint density at radius 3 is 2.93 bits per heavy atom. The summed E-state index contributed by atoms with van der Waals surface area (Å²) in [6.07, 6.45) is 2.30. The van der Waals surface area contributed by atoms with Crippen LogP contribution in [0.1, 0.15) is 27.9 Å². The van der Waals surface area contributed by atoms with E-state index in [1.54, 1.807) is 12.3 Å². The Labute approximate surface area is 100 Å². The van der Waals surface area contributed by atoms with Gasteiger partial charge in [-0.25, -0.2) is 0 Å². The van der Waals surface area contributed by atoms with Crippen molar-refractivity contribution in [3.8, 4) is 0 Å². The van der Waals surface area contributed by atoms with E-state index >= 15 is 0 Å². The second-order valence-corrected chi connectivity index (χ2v) is 4.81. The maximum atomic E-state index is 12.1. The first-order valence-electron chi connectivity index (χ1n) is 4.58. The van der Waals surface area contributed by atoms with Gasteiger partial charge in [0.05, 0.1) is 16.7 Å². The van der Waals surface area contributed by atoms with Crippen LogP contribution in [0.5, 0.6) is 0 Å². The van der Waals surface area contributed by atoms with Crippen molar-refractivity contribution in [2.45, 2.75) is 13.3 Å². The molecule has 0 aliphatic carbocycles. The normalized spacial score (nSPS) is 10.5. The van der Waals surface area contributed by atoms with Gasteiger partial charge in [-0.15, -0.1) is 11.3 Å². The molecule has 0 aromatic carbocycles. The molecule has 0 saturated carbocycles. The number of carbonyl (C=O) groups excluding carboxylic acids is 1. The number of rotatable bonds is 3. The third-order valence-electron chi connectivity index (χ3n) is 2.13. The van der Waals surface area contributed by atoms with Crippen molar-refractivity contribution in [2.75, 3.05) is 0 Å². The van der Waals surface area contributed by atoms with Crippen LogP contribution < -0.4 is 0 Å². The predicted molar refractivity (Wildman–Crippen MR) is 63.5 cm³/mol. The summed E-state index contributed by atoms with van der Waals surface area (Å²) in [6.45, 7) is 1.97. The monoisotopic (exact) mass is 284 g/mol. The maximum absolute atomic E-state index is 12.1. The van der Waals surface area contributed by atoms with Crippen LogP contribution >= 0.6 is 27.3 Å². The van der Waals surface area contributed by atoms with E-state index in [1.807, 2.05) is 18.4 Å². The molecule has 0 aliphatic rings. The van der Waals surface area contributed by atoms with Crippen LogP contribution in [0.2, 0.25) is 0 Å². The summed E-state index contributed by atoms with van der Waals surface area (Å²) < 4.78 is 6.09. The van der Waals surface area contributed by atoms with Gasteiger partial charge >= 0.3 is 0 Å². The molecule has 2 aromatic heterocycles. The molecule has 0 unspecified atom stereocenters. The standard InChI is InChI=1S/C11H9BrO2S/c1-2-9-7(3-5-14-9)10(13)11-8(12)4-6-15-11/h3-6H,2H2,1H3. The van der Waals surface area contributed by atoms with E-state index in [4.69, 9.17) is 4.42 Å². The molecule has 0 bridgehead atoms. The highest BCUT2D eigenvalue weighted by atomic mass is 79.9. The molecule has 0 radical (unpaired) electrons. The van der Waals surface area contributed by atoms with Gasteiger partial charge < -0.3 is 4.42 Å². The van der Waals surface area contributed by atoms with Gasteiger partial charge in [0.2, 0.25) is 5.78 Å². The van der Waals surface area contributed by atoms with E-state index in [-0.39, 0.29) is 5.78 Å². The SMILES string of the molecule is CCc1occc1C(=O)c1sccc1Br. The Bertz CT molecular complexity index is 484. The van der Waals surface area contributed by atoms with Crippen LogP contribution in [-0.2, 0) is 6.42 Å². The lowest BCUT2D eigenvalue weighted by Gasteiger charge is -1.98. The fourth-order valence-corrected chi connectivity index (χ4v) is 2.90. The number of aryl methyl sites for hydroxylation is 1. The van der Waals surface area contributed by atoms with Gasteiger partial charge in [-0.2, -0.15) is 0 Å². The quantitative estimate of drug-likeness (QED) is 0.801. The number of carbonyl (C=O) groups is 1. The molecule has 0 spiro atoms. The number of halogens is 1. The zero-order chi connectivity index (χ0) is 10.8. The molecule has 0 amide bonds. The van der Waals surface area contributed by atoms with Crippen molar-refractivity contribution in [2.24, 2.45) is 0 Å². The third-order valence-corrected chi connectivity index (χ3v) is 3.97. The van der Waals surface area contributed by atoms with E-state index in [0.29, 0.717) is 5.56 Å². The van der Waals surface area contributed by atoms with Crippen molar-refractivity contribution in [1.29, 1.82) is 0 Å². The fraction of sp³-hybridized carbons (Fsp3) is 0.182. The number of ketones is 1. The average molecular weight is 285 g/mol. The second kappa shape index (κ2) is 4.33. The lowest BCUT2D eigenvalue weighted by molar-refractivity contribution is 0.104. The molecule has 4 heteroatoms. The minimum atomic E-state index is 0.0301. The summed E-state index contributed by atoms with van der Waals surface area (Å²) in [7, 11) is 0. The molecule has 0 aliphatic heterocycles. The van der Waals surface area contributed by atoms with Crippen molar-refractivity contribution in [3.05, 3.63) is 44.4 Å². The molecular weight excluding hydrogens is 276 g/mol. The number of furan rings is 1. The molecule has 0 atom stereocenters. The molecule has 15 heavy (non-hydrogen) atoms. The second-order valence-electron chi connectivity index (χ2n) is 3.04. The van der Waals surface area contributed by atoms with E-state index in [2.05, 4.69) is 15.9 Å². The first-order valence-corrected chi connectivity index (χ1v) is 6.25. The van der Waals surface area contributed by atoms with Crippen molar-refractivity contribution < 1.29 is 9.21 Å². The summed E-state index contributed by atoms with van der Waals surface area (Å²) in [5.41, 5.74) is 0.667. The molecule has 2 nitrogen and oxygen atoms in total. The summed E-state index contributed by atoms with van der Waals surface area (Å²) in [6, 6.07) is 3.61. The summed E-state index contributed by atoms with van der Waals surface area (Å²) in [5, 5.41) is 1.89. The van der Waals surface area contributed by atoms with Gasteiger partial charge in [-0.1, -0.05) is 6.92 Å². The van der Waals surface area contributed by atoms with Gasteiger partial charge in [-0.05, 0) is 33.4 Å². The van der Waals surface area contributed by atoms with Gasteiger partial charge in [0.25, 0.3) is 0 Å². The molecule has 2 aromatic rings.